The summed E-state index contributed by atoms with van der Waals surface area (Å²) in [5.74, 6) is -0.978. The van der Waals surface area contributed by atoms with Crippen molar-refractivity contribution in [1.82, 2.24) is 15.1 Å². The minimum Gasteiger partial charge on any atom is -0.334 e. The minimum absolute atomic E-state index is 0.0495. The Kier molecular flexibility index (Phi) is 6.04. The molecule has 164 valence electrons. The van der Waals surface area contributed by atoms with E-state index >= 15 is 0 Å². The van der Waals surface area contributed by atoms with Gasteiger partial charge in [0.15, 0.2) is 0 Å². The van der Waals surface area contributed by atoms with E-state index < -0.39 is 15.7 Å². The van der Waals surface area contributed by atoms with E-state index in [0.717, 1.165) is 5.56 Å². The third-order valence-corrected chi connectivity index (χ3v) is 7.88. The fraction of sp³-hybridized carbons (Fsp3) is 0.364. The second kappa shape index (κ2) is 8.74. The van der Waals surface area contributed by atoms with E-state index in [-0.39, 0.29) is 42.4 Å². The first-order chi connectivity index (χ1) is 14.9. The van der Waals surface area contributed by atoms with E-state index in [1.807, 2.05) is 0 Å². The number of piperidine rings is 1. The summed E-state index contributed by atoms with van der Waals surface area (Å²) in [6.45, 7) is 1.18. The Morgan fingerprint density at radius 2 is 1.74 bits per heavy atom. The molecule has 3 amide bonds. The topological polar surface area (TPSA) is 69.7 Å². The lowest BCUT2D eigenvalue weighted by atomic mass is 10.0. The van der Waals surface area contributed by atoms with Crippen molar-refractivity contribution in [2.75, 3.05) is 18.8 Å². The lowest BCUT2D eigenvalue weighted by molar-refractivity contribution is -0.131. The van der Waals surface area contributed by atoms with Gasteiger partial charge < -0.3 is 15.1 Å². The van der Waals surface area contributed by atoms with Crippen LogP contribution in [0, 0.1) is 11.6 Å². The molecule has 4 rings (SSSR count). The number of benzene rings is 2. The van der Waals surface area contributed by atoms with E-state index in [1.54, 1.807) is 34.1 Å². The number of nitrogens with one attached hydrogen (secondary N) is 1. The molecule has 31 heavy (non-hydrogen) atoms. The fourth-order valence-electron chi connectivity index (χ4n) is 4.17. The van der Waals surface area contributed by atoms with Crippen LogP contribution in [0.5, 0.6) is 0 Å². The van der Waals surface area contributed by atoms with Gasteiger partial charge in [-0.1, -0.05) is 24.3 Å². The molecule has 2 fully saturated rings. The summed E-state index contributed by atoms with van der Waals surface area (Å²) in [7, 11) is -1.38. The fourth-order valence-corrected chi connectivity index (χ4v) is 5.87. The zero-order chi connectivity index (χ0) is 22.0. The van der Waals surface area contributed by atoms with Crippen LogP contribution in [-0.4, -0.2) is 49.7 Å². The molecule has 2 aromatic carbocycles. The maximum Gasteiger partial charge on any atom is 0.317 e. The molecule has 0 bridgehead atoms. The van der Waals surface area contributed by atoms with Crippen molar-refractivity contribution in [2.24, 2.45) is 0 Å². The Morgan fingerprint density at radius 3 is 2.42 bits per heavy atom. The normalized spacial score (nSPS) is 20.3. The average Bonchev–Trinajstić information content (AvgIpc) is 2.97. The highest BCUT2D eigenvalue weighted by Gasteiger charge is 2.53. The van der Waals surface area contributed by atoms with Gasteiger partial charge in [0.05, 0.1) is 10.8 Å². The van der Waals surface area contributed by atoms with Gasteiger partial charge in [-0.2, -0.15) is 0 Å². The Labute approximate surface area is 181 Å². The van der Waals surface area contributed by atoms with Crippen molar-refractivity contribution in [3.63, 3.8) is 0 Å². The van der Waals surface area contributed by atoms with E-state index in [0.29, 0.717) is 31.5 Å². The molecule has 2 saturated heterocycles. The molecule has 0 aliphatic carbocycles. The van der Waals surface area contributed by atoms with Crippen LogP contribution in [0.15, 0.2) is 48.5 Å². The lowest BCUT2D eigenvalue weighted by Gasteiger charge is -2.43. The highest BCUT2D eigenvalue weighted by molar-refractivity contribution is 7.87. The summed E-state index contributed by atoms with van der Waals surface area (Å²) in [5, 5.41) is 2.81. The predicted molar refractivity (Wildman–Crippen MR) is 112 cm³/mol. The molecular formula is C22H23F2N3O3S. The summed E-state index contributed by atoms with van der Waals surface area (Å²) < 4.78 is 39.4. The zero-order valence-electron chi connectivity index (χ0n) is 16.9. The molecule has 6 nitrogen and oxygen atoms in total. The van der Waals surface area contributed by atoms with Crippen LogP contribution in [-0.2, 0) is 28.7 Å². The number of carbonyl (C=O) groups excluding carboxylic acids is 2. The second-order valence-corrected chi connectivity index (χ2v) is 9.56. The van der Waals surface area contributed by atoms with Crippen molar-refractivity contribution >= 4 is 22.7 Å². The molecule has 0 radical (unpaired) electrons. The molecular weight excluding hydrogens is 424 g/mol. The number of rotatable bonds is 4. The summed E-state index contributed by atoms with van der Waals surface area (Å²) in [5.41, 5.74) is 1.43. The van der Waals surface area contributed by atoms with Gasteiger partial charge in [-0.25, -0.2) is 13.6 Å². The third kappa shape index (κ3) is 4.46. The van der Waals surface area contributed by atoms with Gasteiger partial charge in [0.25, 0.3) is 0 Å². The van der Waals surface area contributed by atoms with Crippen LogP contribution >= 0.6 is 0 Å². The SMILES string of the molecule is O=C(NCc1ccc(F)cc1)N1CCC2(CC1)N(Cc1cccc(F)c1)C(=O)CS2=O. The standard InChI is InChI=1S/C22H23F2N3O3S/c23-18-6-4-16(5-7-18)13-25-21(29)26-10-8-22(9-11-26)27(20(28)15-31(22)30)14-17-2-1-3-19(24)12-17/h1-7,12H,8-11,13-15H2,(H,25,29). The monoisotopic (exact) mass is 447 g/mol. The molecule has 2 heterocycles. The summed E-state index contributed by atoms with van der Waals surface area (Å²) >= 11 is 0. The summed E-state index contributed by atoms with van der Waals surface area (Å²) in [6, 6.07) is 11.7. The molecule has 9 heteroatoms. The number of hydrogen-bond donors (Lipinski definition) is 1. The number of nitrogens with zero attached hydrogens (tertiary/aromatic N) is 2. The maximum atomic E-state index is 13.6. The number of carbonyl (C=O) groups is 2. The molecule has 2 aromatic rings. The quantitative estimate of drug-likeness (QED) is 0.784. The van der Waals surface area contributed by atoms with Crippen molar-refractivity contribution in [1.29, 1.82) is 0 Å². The first-order valence-electron chi connectivity index (χ1n) is 10.1. The van der Waals surface area contributed by atoms with Gasteiger partial charge in [0.1, 0.15) is 22.3 Å². The van der Waals surface area contributed by atoms with Crippen LogP contribution in [0.3, 0.4) is 0 Å². The second-order valence-electron chi connectivity index (χ2n) is 7.82. The Balaban J connectivity index is 1.39. The number of halogens is 2. The van der Waals surface area contributed by atoms with Crippen molar-refractivity contribution in [3.8, 4) is 0 Å². The molecule has 0 aromatic heterocycles. The number of hydrogen-bond acceptors (Lipinski definition) is 3. The van der Waals surface area contributed by atoms with E-state index in [1.165, 1.54) is 24.3 Å². The number of likely N-dealkylation sites (tertiary alicyclic amines) is 1. The van der Waals surface area contributed by atoms with Crippen molar-refractivity contribution < 1.29 is 22.6 Å². The number of amides is 3. The van der Waals surface area contributed by atoms with Gasteiger partial charge in [-0.15, -0.1) is 0 Å². The highest BCUT2D eigenvalue weighted by atomic mass is 32.2. The first-order valence-corrected chi connectivity index (χ1v) is 11.4. The molecule has 2 aliphatic rings. The van der Waals surface area contributed by atoms with Gasteiger partial charge in [-0.3, -0.25) is 9.00 Å². The first kappa shape index (κ1) is 21.4. The molecule has 1 spiro atoms. The third-order valence-electron chi connectivity index (χ3n) is 5.89. The molecule has 1 N–H and O–H groups in total. The van der Waals surface area contributed by atoms with E-state index in [2.05, 4.69) is 5.32 Å². The van der Waals surface area contributed by atoms with Crippen LogP contribution in [0.4, 0.5) is 13.6 Å². The van der Waals surface area contributed by atoms with Gasteiger partial charge in [0, 0.05) is 39.0 Å². The molecule has 1 atom stereocenters. The summed E-state index contributed by atoms with van der Waals surface area (Å²) in [6.07, 6.45) is 0.787. The van der Waals surface area contributed by atoms with Gasteiger partial charge in [0.2, 0.25) is 5.91 Å². The van der Waals surface area contributed by atoms with Crippen LogP contribution in [0.2, 0.25) is 0 Å². The van der Waals surface area contributed by atoms with Gasteiger partial charge >= 0.3 is 6.03 Å². The van der Waals surface area contributed by atoms with Crippen LogP contribution in [0.1, 0.15) is 24.0 Å². The lowest BCUT2D eigenvalue weighted by Crippen LogP contribution is -2.56. The highest BCUT2D eigenvalue weighted by Crippen LogP contribution is 2.38. The molecule has 0 saturated carbocycles. The number of urea groups is 1. The van der Waals surface area contributed by atoms with Crippen molar-refractivity contribution in [3.05, 3.63) is 71.3 Å². The van der Waals surface area contributed by atoms with Gasteiger partial charge in [-0.05, 0) is 35.4 Å². The van der Waals surface area contributed by atoms with E-state index in [4.69, 9.17) is 0 Å². The van der Waals surface area contributed by atoms with E-state index in [9.17, 15) is 22.6 Å². The predicted octanol–water partition coefficient (Wildman–Crippen LogP) is 2.76. The Hall–Kier alpha value is -2.81. The molecule has 1 unspecified atom stereocenters. The maximum absolute atomic E-state index is 13.6. The smallest absolute Gasteiger partial charge is 0.317 e. The Bertz CT molecular complexity index is 1010. The summed E-state index contributed by atoms with van der Waals surface area (Å²) in [4.78, 5) is 27.5. The van der Waals surface area contributed by atoms with Crippen LogP contribution in [0.25, 0.3) is 0 Å². The van der Waals surface area contributed by atoms with Crippen LogP contribution < -0.4 is 5.32 Å². The minimum atomic E-state index is -1.38. The van der Waals surface area contributed by atoms with Crippen molar-refractivity contribution in [2.45, 2.75) is 30.8 Å². The average molecular weight is 448 g/mol. The largest absolute Gasteiger partial charge is 0.334 e. The molecule has 2 aliphatic heterocycles. The zero-order valence-corrected chi connectivity index (χ0v) is 17.7. The Morgan fingerprint density at radius 1 is 1.03 bits per heavy atom.